The van der Waals surface area contributed by atoms with Crippen molar-refractivity contribution in [1.82, 2.24) is 4.90 Å². The van der Waals surface area contributed by atoms with Gasteiger partial charge in [0.25, 0.3) is 0 Å². The molecule has 0 aromatic heterocycles. The molecule has 14 heavy (non-hydrogen) atoms. The Bertz CT molecular complexity index is 235. The molecule has 0 bridgehead atoms. The van der Waals surface area contributed by atoms with Crippen molar-refractivity contribution in [3.63, 3.8) is 0 Å². The third-order valence-corrected chi connectivity index (χ3v) is 2.88. The molecule has 0 unspecified atom stereocenters. The lowest BCUT2D eigenvalue weighted by molar-refractivity contribution is -0.134. The summed E-state index contributed by atoms with van der Waals surface area (Å²) in [5.41, 5.74) is 0. The van der Waals surface area contributed by atoms with Crippen LogP contribution in [0, 0.1) is 11.8 Å². The predicted molar refractivity (Wildman–Crippen MR) is 54.8 cm³/mol. The Morgan fingerprint density at radius 2 is 2.21 bits per heavy atom. The maximum atomic E-state index is 11.7. The van der Waals surface area contributed by atoms with Crippen molar-refractivity contribution in [3.05, 3.63) is 0 Å². The van der Waals surface area contributed by atoms with Crippen LogP contribution in [0.25, 0.3) is 0 Å². The second-order valence-corrected chi connectivity index (χ2v) is 4.23. The lowest BCUT2D eigenvalue weighted by Gasteiger charge is -2.13. The monoisotopic (exact) mass is 197 g/mol. The first-order valence-electron chi connectivity index (χ1n) is 5.37. The van der Waals surface area contributed by atoms with E-state index < -0.39 is 0 Å². The molecule has 1 heterocycles. The molecule has 0 saturated carbocycles. The fourth-order valence-electron chi connectivity index (χ4n) is 1.79. The first kappa shape index (κ1) is 11.2. The number of ketones is 1. The normalized spacial score (nSPS) is 22.1. The van der Waals surface area contributed by atoms with E-state index in [0.717, 1.165) is 19.5 Å². The van der Waals surface area contributed by atoms with Gasteiger partial charge in [0.15, 0.2) is 0 Å². The van der Waals surface area contributed by atoms with E-state index >= 15 is 0 Å². The van der Waals surface area contributed by atoms with Gasteiger partial charge in [-0.05, 0) is 13.3 Å². The van der Waals surface area contributed by atoms with Crippen LogP contribution in [0.4, 0.5) is 0 Å². The highest BCUT2D eigenvalue weighted by Crippen LogP contribution is 2.22. The van der Waals surface area contributed by atoms with Crippen LogP contribution >= 0.6 is 0 Å². The van der Waals surface area contributed by atoms with Crippen LogP contribution in [0.1, 0.15) is 33.6 Å². The number of likely N-dealkylation sites (tertiary alicyclic amines) is 1. The number of amides is 1. The van der Waals surface area contributed by atoms with Gasteiger partial charge in [-0.25, -0.2) is 0 Å². The second kappa shape index (κ2) is 4.58. The summed E-state index contributed by atoms with van der Waals surface area (Å²) in [5, 5.41) is 0. The third-order valence-electron chi connectivity index (χ3n) is 2.88. The van der Waals surface area contributed by atoms with Gasteiger partial charge in [-0.1, -0.05) is 13.8 Å². The fourth-order valence-corrected chi connectivity index (χ4v) is 1.79. The Hall–Kier alpha value is -0.860. The minimum Gasteiger partial charge on any atom is -0.343 e. The largest absolute Gasteiger partial charge is 0.343 e. The summed E-state index contributed by atoms with van der Waals surface area (Å²) in [6, 6.07) is 0. The van der Waals surface area contributed by atoms with E-state index in [2.05, 4.69) is 0 Å². The predicted octanol–water partition coefficient (Wildman–Crippen LogP) is 1.47. The Labute approximate surface area is 85.5 Å². The van der Waals surface area contributed by atoms with Crippen molar-refractivity contribution < 1.29 is 9.59 Å². The van der Waals surface area contributed by atoms with Crippen molar-refractivity contribution in [2.45, 2.75) is 33.6 Å². The summed E-state index contributed by atoms with van der Waals surface area (Å²) in [4.78, 5) is 25.0. The zero-order valence-corrected chi connectivity index (χ0v) is 9.25. The molecule has 3 nitrogen and oxygen atoms in total. The average molecular weight is 197 g/mol. The number of hydrogen-bond acceptors (Lipinski definition) is 2. The SMILES string of the molecule is CCN1CC[C@@H](CC(=O)C(C)C)C1=O. The molecule has 0 radical (unpaired) electrons. The molecule has 80 valence electrons. The summed E-state index contributed by atoms with van der Waals surface area (Å²) in [6.07, 6.45) is 1.29. The van der Waals surface area contributed by atoms with Gasteiger partial charge in [0, 0.05) is 31.3 Å². The Morgan fingerprint density at radius 1 is 1.57 bits per heavy atom. The van der Waals surface area contributed by atoms with E-state index in [1.165, 1.54) is 0 Å². The van der Waals surface area contributed by atoms with Gasteiger partial charge in [0.2, 0.25) is 5.91 Å². The highest BCUT2D eigenvalue weighted by atomic mass is 16.2. The summed E-state index contributed by atoms with van der Waals surface area (Å²) < 4.78 is 0. The number of rotatable bonds is 4. The smallest absolute Gasteiger partial charge is 0.226 e. The van der Waals surface area contributed by atoms with E-state index in [-0.39, 0.29) is 23.5 Å². The molecule has 1 rings (SSSR count). The third kappa shape index (κ3) is 2.34. The molecule has 0 N–H and O–H groups in total. The number of nitrogens with zero attached hydrogens (tertiary/aromatic N) is 1. The van der Waals surface area contributed by atoms with Crippen LogP contribution in [0.5, 0.6) is 0 Å². The van der Waals surface area contributed by atoms with Gasteiger partial charge in [0.05, 0.1) is 0 Å². The highest BCUT2D eigenvalue weighted by molar-refractivity contribution is 5.88. The van der Waals surface area contributed by atoms with E-state index in [1.54, 1.807) is 0 Å². The van der Waals surface area contributed by atoms with E-state index in [9.17, 15) is 9.59 Å². The number of Topliss-reactive ketones (excluding diaryl/α,β-unsaturated/α-hetero) is 1. The number of carbonyl (C=O) groups is 2. The molecule has 1 saturated heterocycles. The van der Waals surface area contributed by atoms with Crippen LogP contribution in [0.15, 0.2) is 0 Å². The van der Waals surface area contributed by atoms with Crippen LogP contribution < -0.4 is 0 Å². The van der Waals surface area contributed by atoms with Gasteiger partial charge in [-0.2, -0.15) is 0 Å². The summed E-state index contributed by atoms with van der Waals surface area (Å²) >= 11 is 0. The lowest BCUT2D eigenvalue weighted by Crippen LogP contribution is -2.28. The topological polar surface area (TPSA) is 37.4 Å². The van der Waals surface area contributed by atoms with E-state index in [1.807, 2.05) is 25.7 Å². The van der Waals surface area contributed by atoms with Gasteiger partial charge >= 0.3 is 0 Å². The Kier molecular flexibility index (Phi) is 3.67. The first-order chi connectivity index (χ1) is 6.56. The molecule has 0 spiro atoms. The van der Waals surface area contributed by atoms with Gasteiger partial charge in [-0.3, -0.25) is 9.59 Å². The Balaban J connectivity index is 2.48. The lowest BCUT2D eigenvalue weighted by atomic mass is 9.95. The van der Waals surface area contributed by atoms with Crippen molar-refractivity contribution in [2.75, 3.05) is 13.1 Å². The molecule has 1 amide bonds. The maximum Gasteiger partial charge on any atom is 0.226 e. The molecule has 1 fully saturated rings. The minimum atomic E-state index is -0.0372. The number of hydrogen-bond donors (Lipinski definition) is 0. The van der Waals surface area contributed by atoms with Crippen LogP contribution in [0.2, 0.25) is 0 Å². The molecule has 1 aliphatic rings. The molecule has 0 aliphatic carbocycles. The zero-order chi connectivity index (χ0) is 10.7. The minimum absolute atomic E-state index is 0.0372. The van der Waals surface area contributed by atoms with Crippen molar-refractivity contribution >= 4 is 11.7 Å². The maximum absolute atomic E-state index is 11.7. The molecule has 0 aromatic carbocycles. The van der Waals surface area contributed by atoms with Gasteiger partial charge < -0.3 is 4.90 Å². The average Bonchev–Trinajstić information content (AvgIpc) is 2.47. The van der Waals surface area contributed by atoms with E-state index in [4.69, 9.17) is 0 Å². The summed E-state index contributed by atoms with van der Waals surface area (Å²) in [5.74, 6) is 0.395. The highest BCUT2D eigenvalue weighted by Gasteiger charge is 2.32. The van der Waals surface area contributed by atoms with Gasteiger partial charge in [0.1, 0.15) is 5.78 Å². The van der Waals surface area contributed by atoms with Crippen molar-refractivity contribution in [3.8, 4) is 0 Å². The standard InChI is InChI=1S/C11H19NO2/c1-4-12-6-5-9(11(12)14)7-10(13)8(2)3/h8-9H,4-7H2,1-3H3/t9-/m0/s1. The fraction of sp³-hybridized carbons (Fsp3) is 0.818. The molecule has 1 aliphatic heterocycles. The van der Waals surface area contributed by atoms with Gasteiger partial charge in [-0.15, -0.1) is 0 Å². The number of carbonyl (C=O) groups excluding carboxylic acids is 2. The van der Waals surface area contributed by atoms with Crippen LogP contribution in [0.3, 0.4) is 0 Å². The molecular weight excluding hydrogens is 178 g/mol. The van der Waals surface area contributed by atoms with Crippen molar-refractivity contribution in [1.29, 1.82) is 0 Å². The summed E-state index contributed by atoms with van der Waals surface area (Å²) in [6.45, 7) is 7.35. The molecule has 0 aromatic rings. The van der Waals surface area contributed by atoms with Crippen LogP contribution in [-0.2, 0) is 9.59 Å². The molecule has 1 atom stereocenters. The molecular formula is C11H19NO2. The van der Waals surface area contributed by atoms with Crippen molar-refractivity contribution in [2.24, 2.45) is 11.8 Å². The first-order valence-corrected chi connectivity index (χ1v) is 5.37. The molecule has 3 heteroatoms. The quantitative estimate of drug-likeness (QED) is 0.684. The second-order valence-electron chi connectivity index (χ2n) is 4.23. The van der Waals surface area contributed by atoms with E-state index in [0.29, 0.717) is 6.42 Å². The Morgan fingerprint density at radius 3 is 2.64 bits per heavy atom. The summed E-state index contributed by atoms with van der Waals surface area (Å²) in [7, 11) is 0. The van der Waals surface area contributed by atoms with Crippen LogP contribution in [-0.4, -0.2) is 29.7 Å². The zero-order valence-electron chi connectivity index (χ0n) is 9.25.